The lowest BCUT2D eigenvalue weighted by Crippen LogP contribution is -2.36. The molecule has 0 fully saturated rings. The minimum atomic E-state index is 0.0449. The zero-order valence-electron chi connectivity index (χ0n) is 12.5. The van der Waals surface area contributed by atoms with Crippen LogP contribution >= 0.6 is 0 Å². The Morgan fingerprint density at radius 1 is 0.950 bits per heavy atom. The van der Waals surface area contributed by atoms with Gasteiger partial charge in [-0.3, -0.25) is 4.79 Å². The van der Waals surface area contributed by atoms with Crippen LogP contribution in [0.2, 0.25) is 0 Å². The van der Waals surface area contributed by atoms with Crippen LogP contribution in [0.4, 0.5) is 0 Å². The number of carbonyl (C=O) groups is 1. The van der Waals surface area contributed by atoms with E-state index in [9.17, 15) is 4.79 Å². The summed E-state index contributed by atoms with van der Waals surface area (Å²) in [5.74, 6) is 0. The normalized spacial score (nSPS) is 19.6. The molecule has 1 aromatic carbocycles. The summed E-state index contributed by atoms with van der Waals surface area (Å²) in [6.45, 7) is 8.93. The van der Waals surface area contributed by atoms with Crippen LogP contribution < -0.4 is 0 Å². The molecule has 1 aromatic heterocycles. The van der Waals surface area contributed by atoms with Gasteiger partial charge in [0.05, 0.1) is 22.4 Å². The topological polar surface area (TPSA) is 42.9 Å². The number of benzene rings is 1. The second kappa shape index (κ2) is 4.11. The van der Waals surface area contributed by atoms with E-state index in [-0.39, 0.29) is 10.8 Å². The van der Waals surface area contributed by atoms with Gasteiger partial charge < -0.3 is 0 Å². The zero-order chi connectivity index (χ0) is 14.5. The minimum Gasteiger partial charge on any atom is -0.298 e. The molecule has 3 rings (SSSR count). The first kappa shape index (κ1) is 13.2. The summed E-state index contributed by atoms with van der Waals surface area (Å²) >= 11 is 0. The Hall–Kier alpha value is -1.77. The molecule has 3 nitrogen and oxygen atoms in total. The molecule has 1 heterocycles. The Kier molecular flexibility index (Phi) is 2.72. The number of aromatic nitrogens is 2. The van der Waals surface area contributed by atoms with Gasteiger partial charge in [0.1, 0.15) is 6.29 Å². The molecule has 0 radical (unpaired) electrons. The molecule has 1 aliphatic carbocycles. The summed E-state index contributed by atoms with van der Waals surface area (Å²) < 4.78 is 0. The fourth-order valence-corrected chi connectivity index (χ4v) is 2.95. The highest BCUT2D eigenvalue weighted by Crippen LogP contribution is 2.44. The zero-order valence-corrected chi connectivity index (χ0v) is 12.5. The van der Waals surface area contributed by atoms with Crippen molar-refractivity contribution in [2.24, 2.45) is 0 Å². The van der Waals surface area contributed by atoms with Gasteiger partial charge in [-0.1, -0.05) is 27.7 Å². The second-order valence-electron chi connectivity index (χ2n) is 7.05. The van der Waals surface area contributed by atoms with Crippen molar-refractivity contribution in [3.05, 3.63) is 35.2 Å². The SMILES string of the molecule is CC1(C)CCC(C)(C)c2nc3cc(C=O)ccc3nc21. The molecule has 0 spiro atoms. The summed E-state index contributed by atoms with van der Waals surface area (Å²) in [6, 6.07) is 5.52. The van der Waals surface area contributed by atoms with E-state index in [1.54, 1.807) is 6.07 Å². The summed E-state index contributed by atoms with van der Waals surface area (Å²) in [5.41, 5.74) is 4.65. The van der Waals surface area contributed by atoms with Crippen molar-refractivity contribution < 1.29 is 4.79 Å². The second-order valence-corrected chi connectivity index (χ2v) is 7.05. The van der Waals surface area contributed by atoms with Crippen molar-refractivity contribution in [3.8, 4) is 0 Å². The van der Waals surface area contributed by atoms with Crippen LogP contribution in [0.25, 0.3) is 11.0 Å². The van der Waals surface area contributed by atoms with Gasteiger partial charge in [-0.15, -0.1) is 0 Å². The summed E-state index contributed by atoms with van der Waals surface area (Å²) in [5, 5.41) is 0. The molecule has 2 aromatic rings. The van der Waals surface area contributed by atoms with Gasteiger partial charge in [0.25, 0.3) is 0 Å². The molecule has 3 heteroatoms. The molecular formula is C17H20N2O. The number of rotatable bonds is 1. The van der Waals surface area contributed by atoms with E-state index in [0.717, 1.165) is 41.5 Å². The van der Waals surface area contributed by atoms with Crippen molar-refractivity contribution in [1.82, 2.24) is 9.97 Å². The quantitative estimate of drug-likeness (QED) is 0.739. The average Bonchev–Trinajstić information content (AvgIpc) is 2.42. The lowest BCUT2D eigenvalue weighted by atomic mass is 9.67. The van der Waals surface area contributed by atoms with Crippen LogP contribution in [0.3, 0.4) is 0 Å². The summed E-state index contributed by atoms with van der Waals surface area (Å²) in [7, 11) is 0. The molecule has 0 bridgehead atoms. The lowest BCUT2D eigenvalue weighted by Gasteiger charge is -2.39. The first-order chi connectivity index (χ1) is 9.33. The molecule has 104 valence electrons. The predicted octanol–water partition coefficient (Wildman–Crippen LogP) is 3.79. The van der Waals surface area contributed by atoms with Gasteiger partial charge in [-0.25, -0.2) is 9.97 Å². The van der Waals surface area contributed by atoms with Crippen molar-refractivity contribution in [1.29, 1.82) is 0 Å². The van der Waals surface area contributed by atoms with Gasteiger partial charge in [-0.2, -0.15) is 0 Å². The molecule has 0 saturated carbocycles. The Balaban J connectivity index is 2.33. The number of hydrogen-bond acceptors (Lipinski definition) is 3. The van der Waals surface area contributed by atoms with Gasteiger partial charge in [-0.05, 0) is 31.0 Å². The Morgan fingerprint density at radius 3 is 2.05 bits per heavy atom. The van der Waals surface area contributed by atoms with Crippen molar-refractivity contribution >= 4 is 17.3 Å². The van der Waals surface area contributed by atoms with E-state index < -0.39 is 0 Å². The standard InChI is InChI=1S/C17H20N2O/c1-16(2)7-8-17(3,4)15-14(16)18-12-6-5-11(10-20)9-13(12)19-15/h5-6,9-10H,7-8H2,1-4H3. The number of hydrogen-bond donors (Lipinski definition) is 0. The Labute approximate surface area is 119 Å². The molecule has 1 aliphatic rings. The van der Waals surface area contributed by atoms with Gasteiger partial charge in [0.2, 0.25) is 0 Å². The fourth-order valence-electron chi connectivity index (χ4n) is 2.95. The van der Waals surface area contributed by atoms with Crippen LogP contribution in [0.5, 0.6) is 0 Å². The van der Waals surface area contributed by atoms with E-state index in [4.69, 9.17) is 9.97 Å². The third-order valence-corrected chi connectivity index (χ3v) is 4.48. The number of nitrogens with zero attached hydrogens (tertiary/aromatic N) is 2. The molecule has 0 atom stereocenters. The average molecular weight is 268 g/mol. The first-order valence-electron chi connectivity index (χ1n) is 7.11. The summed E-state index contributed by atoms with van der Waals surface area (Å²) in [4.78, 5) is 20.6. The van der Waals surface area contributed by atoms with Gasteiger partial charge >= 0.3 is 0 Å². The highest BCUT2D eigenvalue weighted by atomic mass is 16.1. The molecule has 0 aliphatic heterocycles. The van der Waals surface area contributed by atoms with Crippen LogP contribution in [0, 0.1) is 0 Å². The maximum absolute atomic E-state index is 10.9. The third kappa shape index (κ3) is 1.92. The van der Waals surface area contributed by atoms with Gasteiger partial charge in [0.15, 0.2) is 0 Å². The molecular weight excluding hydrogens is 248 g/mol. The highest BCUT2D eigenvalue weighted by Gasteiger charge is 2.39. The Morgan fingerprint density at radius 2 is 1.50 bits per heavy atom. The van der Waals surface area contributed by atoms with Crippen LogP contribution in [-0.4, -0.2) is 16.3 Å². The molecule has 20 heavy (non-hydrogen) atoms. The molecule has 0 N–H and O–H groups in total. The third-order valence-electron chi connectivity index (χ3n) is 4.48. The van der Waals surface area contributed by atoms with E-state index in [1.165, 1.54) is 0 Å². The van der Waals surface area contributed by atoms with Crippen molar-refractivity contribution in [3.63, 3.8) is 0 Å². The van der Waals surface area contributed by atoms with E-state index in [2.05, 4.69) is 27.7 Å². The van der Waals surface area contributed by atoms with E-state index in [0.29, 0.717) is 5.56 Å². The van der Waals surface area contributed by atoms with Gasteiger partial charge in [0, 0.05) is 16.4 Å². The minimum absolute atomic E-state index is 0.0449. The monoisotopic (exact) mass is 268 g/mol. The van der Waals surface area contributed by atoms with Crippen LogP contribution in [-0.2, 0) is 10.8 Å². The van der Waals surface area contributed by atoms with Crippen LogP contribution in [0.1, 0.15) is 62.3 Å². The lowest BCUT2D eigenvalue weighted by molar-refractivity contribution is 0.112. The van der Waals surface area contributed by atoms with E-state index >= 15 is 0 Å². The predicted molar refractivity (Wildman–Crippen MR) is 80.2 cm³/mol. The number of aldehydes is 1. The molecule has 0 saturated heterocycles. The maximum atomic E-state index is 10.9. The largest absolute Gasteiger partial charge is 0.298 e. The maximum Gasteiger partial charge on any atom is 0.150 e. The van der Waals surface area contributed by atoms with E-state index in [1.807, 2.05) is 12.1 Å². The highest BCUT2D eigenvalue weighted by molar-refractivity contribution is 5.84. The molecule has 0 amide bonds. The Bertz CT molecular complexity index is 701. The summed E-state index contributed by atoms with van der Waals surface area (Å²) in [6.07, 6.45) is 3.09. The van der Waals surface area contributed by atoms with Crippen LogP contribution in [0.15, 0.2) is 18.2 Å². The smallest absolute Gasteiger partial charge is 0.150 e. The molecule has 0 unspecified atom stereocenters. The number of carbonyl (C=O) groups excluding carboxylic acids is 1. The van der Waals surface area contributed by atoms with Crippen molar-refractivity contribution in [2.75, 3.05) is 0 Å². The number of fused-ring (bicyclic) bond motifs is 2. The fraction of sp³-hybridized carbons (Fsp3) is 0.471. The van der Waals surface area contributed by atoms with Crippen molar-refractivity contribution in [2.45, 2.75) is 51.4 Å². The first-order valence-corrected chi connectivity index (χ1v) is 7.11.